The van der Waals surface area contributed by atoms with Crippen LogP contribution in [-0.2, 0) is 11.2 Å². The van der Waals surface area contributed by atoms with Gasteiger partial charge in [-0.3, -0.25) is 9.59 Å². The first kappa shape index (κ1) is 21.5. The minimum absolute atomic E-state index is 0.153. The van der Waals surface area contributed by atoms with Crippen molar-refractivity contribution in [1.82, 2.24) is 15.6 Å². The molecule has 2 aromatic carbocycles. The summed E-state index contributed by atoms with van der Waals surface area (Å²) in [7, 11) is 0. The van der Waals surface area contributed by atoms with Gasteiger partial charge in [-0.05, 0) is 64.5 Å². The van der Waals surface area contributed by atoms with E-state index in [1.54, 1.807) is 23.9 Å². The predicted octanol–water partition coefficient (Wildman–Crippen LogP) is 4.14. The number of halogens is 1. The molecule has 3 rings (SSSR count). The number of rotatable bonds is 9. The molecule has 29 heavy (non-hydrogen) atoms. The van der Waals surface area contributed by atoms with E-state index < -0.39 is 6.04 Å². The van der Waals surface area contributed by atoms with Crippen molar-refractivity contribution < 1.29 is 9.59 Å². The number of nitrogens with one attached hydrogen (secondary N) is 3. The molecule has 2 amide bonds. The number of hydrogen-bond acceptors (Lipinski definition) is 3. The number of para-hydroxylation sites is 1. The summed E-state index contributed by atoms with van der Waals surface area (Å²) < 4.78 is 0.709. The van der Waals surface area contributed by atoms with Crippen LogP contribution in [0.1, 0.15) is 22.3 Å². The van der Waals surface area contributed by atoms with E-state index in [0.717, 1.165) is 17.7 Å². The lowest BCUT2D eigenvalue weighted by atomic mass is 10.1. The van der Waals surface area contributed by atoms with Crippen LogP contribution in [0.25, 0.3) is 10.9 Å². The van der Waals surface area contributed by atoms with E-state index in [1.807, 2.05) is 42.8 Å². The van der Waals surface area contributed by atoms with E-state index >= 15 is 0 Å². The molecule has 1 heterocycles. The summed E-state index contributed by atoms with van der Waals surface area (Å²) in [6.45, 7) is 0.515. The SMILES string of the molecule is CSCC[C@H](NC(=O)c1ccccc1Br)C(=O)NCCc1c[nH]c2ccccc12. The summed E-state index contributed by atoms with van der Waals surface area (Å²) in [6.07, 6.45) is 5.28. The lowest BCUT2D eigenvalue weighted by Gasteiger charge is -2.18. The van der Waals surface area contributed by atoms with Crippen LogP contribution >= 0.6 is 27.7 Å². The molecule has 0 unspecified atom stereocenters. The van der Waals surface area contributed by atoms with Gasteiger partial charge in [-0.1, -0.05) is 30.3 Å². The summed E-state index contributed by atoms with van der Waals surface area (Å²) in [4.78, 5) is 28.6. The molecular formula is C22H24BrN3O2S. The van der Waals surface area contributed by atoms with Crippen molar-refractivity contribution in [2.24, 2.45) is 0 Å². The molecule has 3 aromatic rings. The molecular weight excluding hydrogens is 450 g/mol. The van der Waals surface area contributed by atoms with Gasteiger partial charge in [0, 0.05) is 28.1 Å². The number of fused-ring (bicyclic) bond motifs is 1. The van der Waals surface area contributed by atoms with Gasteiger partial charge in [0.1, 0.15) is 6.04 Å². The van der Waals surface area contributed by atoms with E-state index in [4.69, 9.17) is 0 Å². The van der Waals surface area contributed by atoms with Gasteiger partial charge in [0.05, 0.1) is 5.56 Å². The molecule has 0 saturated carbocycles. The molecule has 0 aliphatic heterocycles. The number of carbonyl (C=O) groups excluding carboxylic acids is 2. The van der Waals surface area contributed by atoms with Crippen molar-refractivity contribution in [2.75, 3.05) is 18.6 Å². The van der Waals surface area contributed by atoms with Crippen LogP contribution in [0.5, 0.6) is 0 Å². The first-order chi connectivity index (χ1) is 14.1. The van der Waals surface area contributed by atoms with Gasteiger partial charge in [-0.15, -0.1) is 0 Å². The Balaban J connectivity index is 1.59. The molecule has 0 aliphatic rings. The highest BCUT2D eigenvalue weighted by molar-refractivity contribution is 9.10. The third-order valence-corrected chi connectivity index (χ3v) is 6.05. The lowest BCUT2D eigenvalue weighted by molar-refractivity contribution is -0.122. The second-order valence-electron chi connectivity index (χ2n) is 6.69. The smallest absolute Gasteiger partial charge is 0.253 e. The van der Waals surface area contributed by atoms with E-state index in [2.05, 4.69) is 37.6 Å². The number of carbonyl (C=O) groups is 2. The topological polar surface area (TPSA) is 74.0 Å². The predicted molar refractivity (Wildman–Crippen MR) is 123 cm³/mol. The molecule has 0 fully saturated rings. The van der Waals surface area contributed by atoms with Crippen molar-refractivity contribution in [3.63, 3.8) is 0 Å². The van der Waals surface area contributed by atoms with Gasteiger partial charge in [0.25, 0.3) is 5.91 Å². The third kappa shape index (κ3) is 5.64. The van der Waals surface area contributed by atoms with Crippen LogP contribution < -0.4 is 10.6 Å². The molecule has 1 aromatic heterocycles. The fourth-order valence-corrected chi connectivity index (χ4v) is 4.10. The largest absolute Gasteiger partial charge is 0.361 e. The van der Waals surface area contributed by atoms with Crippen LogP contribution in [0.4, 0.5) is 0 Å². The maximum atomic E-state index is 12.7. The summed E-state index contributed by atoms with van der Waals surface area (Å²) >= 11 is 5.04. The minimum Gasteiger partial charge on any atom is -0.361 e. The van der Waals surface area contributed by atoms with Crippen LogP contribution in [-0.4, -0.2) is 41.4 Å². The molecule has 0 bridgehead atoms. The molecule has 0 aliphatic carbocycles. The lowest BCUT2D eigenvalue weighted by Crippen LogP contribution is -2.47. The zero-order valence-electron chi connectivity index (χ0n) is 16.2. The second-order valence-corrected chi connectivity index (χ2v) is 8.53. The molecule has 152 valence electrons. The average molecular weight is 474 g/mol. The second kappa shape index (κ2) is 10.5. The van der Waals surface area contributed by atoms with Crippen LogP contribution in [0.3, 0.4) is 0 Å². The Labute approximate surface area is 183 Å². The van der Waals surface area contributed by atoms with E-state index in [-0.39, 0.29) is 11.8 Å². The van der Waals surface area contributed by atoms with Crippen LogP contribution in [0.2, 0.25) is 0 Å². The molecule has 7 heteroatoms. The van der Waals surface area contributed by atoms with E-state index in [1.165, 1.54) is 10.9 Å². The van der Waals surface area contributed by atoms with Gasteiger partial charge in [0.2, 0.25) is 5.91 Å². The maximum Gasteiger partial charge on any atom is 0.253 e. The molecule has 0 radical (unpaired) electrons. The highest BCUT2D eigenvalue weighted by Crippen LogP contribution is 2.18. The molecule has 3 N–H and O–H groups in total. The van der Waals surface area contributed by atoms with Gasteiger partial charge in [-0.2, -0.15) is 11.8 Å². The summed E-state index contributed by atoms with van der Waals surface area (Å²) in [6, 6.07) is 14.7. The Hall–Kier alpha value is -2.25. The van der Waals surface area contributed by atoms with Crippen molar-refractivity contribution >= 4 is 50.4 Å². The molecule has 0 saturated heterocycles. The zero-order chi connectivity index (χ0) is 20.6. The van der Waals surface area contributed by atoms with Gasteiger partial charge in [0.15, 0.2) is 0 Å². The Morgan fingerprint density at radius 2 is 1.90 bits per heavy atom. The summed E-state index contributed by atoms with van der Waals surface area (Å²) in [5.74, 6) is 0.381. The fraction of sp³-hybridized carbons (Fsp3) is 0.273. The number of aromatic nitrogens is 1. The average Bonchev–Trinajstić information content (AvgIpc) is 3.14. The normalized spacial score (nSPS) is 11.9. The Morgan fingerprint density at radius 3 is 2.69 bits per heavy atom. The van der Waals surface area contributed by atoms with E-state index in [9.17, 15) is 9.59 Å². The highest BCUT2D eigenvalue weighted by Gasteiger charge is 2.21. The monoisotopic (exact) mass is 473 g/mol. The summed E-state index contributed by atoms with van der Waals surface area (Å²) in [5, 5.41) is 7.03. The highest BCUT2D eigenvalue weighted by atomic mass is 79.9. The Morgan fingerprint density at radius 1 is 1.14 bits per heavy atom. The standard InChI is InChI=1S/C22H24BrN3O2S/c1-29-13-11-20(26-21(27)17-7-2-4-8-18(17)23)22(28)24-12-10-15-14-25-19-9-5-3-6-16(15)19/h2-9,14,20,25H,10-13H2,1H3,(H,24,28)(H,26,27)/t20-/m0/s1. The number of hydrogen-bond donors (Lipinski definition) is 3. The minimum atomic E-state index is -0.565. The number of aromatic amines is 1. The van der Waals surface area contributed by atoms with Crippen molar-refractivity contribution in [3.05, 3.63) is 70.3 Å². The van der Waals surface area contributed by atoms with Gasteiger partial charge >= 0.3 is 0 Å². The fourth-order valence-electron chi connectivity index (χ4n) is 3.17. The van der Waals surface area contributed by atoms with Crippen molar-refractivity contribution in [2.45, 2.75) is 18.9 Å². The maximum absolute atomic E-state index is 12.7. The van der Waals surface area contributed by atoms with Crippen LogP contribution in [0.15, 0.2) is 59.2 Å². The molecule has 0 spiro atoms. The number of H-pyrrole nitrogens is 1. The van der Waals surface area contributed by atoms with E-state index in [0.29, 0.717) is 23.0 Å². The van der Waals surface area contributed by atoms with Crippen molar-refractivity contribution in [1.29, 1.82) is 0 Å². The number of amides is 2. The van der Waals surface area contributed by atoms with Gasteiger partial charge < -0.3 is 15.6 Å². The quantitative estimate of drug-likeness (QED) is 0.437. The molecule has 1 atom stereocenters. The molecule has 5 nitrogen and oxygen atoms in total. The first-order valence-electron chi connectivity index (χ1n) is 9.47. The number of thioether (sulfide) groups is 1. The summed E-state index contributed by atoms with van der Waals surface area (Å²) in [5.41, 5.74) is 2.78. The van der Waals surface area contributed by atoms with Crippen molar-refractivity contribution in [3.8, 4) is 0 Å². The zero-order valence-corrected chi connectivity index (χ0v) is 18.6. The Bertz CT molecular complexity index is 989. The first-order valence-corrected chi connectivity index (χ1v) is 11.7. The third-order valence-electron chi connectivity index (χ3n) is 4.72. The number of benzene rings is 2. The van der Waals surface area contributed by atoms with Gasteiger partial charge in [-0.25, -0.2) is 0 Å². The van der Waals surface area contributed by atoms with Crippen LogP contribution in [0, 0.1) is 0 Å². The Kier molecular flexibility index (Phi) is 7.77.